The summed E-state index contributed by atoms with van der Waals surface area (Å²) in [5.74, 6) is -0.446. The smallest absolute Gasteiger partial charge is 0.349 e. The molecule has 8 heteroatoms. The van der Waals surface area contributed by atoms with Crippen molar-refractivity contribution in [1.82, 2.24) is 0 Å². The van der Waals surface area contributed by atoms with Crippen LogP contribution in [0.4, 0.5) is 5.00 Å². The van der Waals surface area contributed by atoms with Gasteiger partial charge < -0.3 is 19.2 Å². The fraction of sp³-hybridized carbons (Fsp3) is 0.250. The molecule has 2 aromatic carbocycles. The summed E-state index contributed by atoms with van der Waals surface area (Å²) < 4.78 is 15.7. The van der Waals surface area contributed by atoms with Crippen LogP contribution < -0.4 is 15.7 Å². The summed E-state index contributed by atoms with van der Waals surface area (Å²) in [6.45, 7) is 6.18. The second kappa shape index (κ2) is 10.4. The number of rotatable bonds is 7. The fourth-order valence-electron chi connectivity index (χ4n) is 4.10. The van der Waals surface area contributed by atoms with Gasteiger partial charge in [-0.05, 0) is 42.5 Å². The van der Waals surface area contributed by atoms with Gasteiger partial charge in [0.25, 0.3) is 5.91 Å². The number of benzene rings is 2. The van der Waals surface area contributed by atoms with Crippen LogP contribution in [0, 0.1) is 6.92 Å². The van der Waals surface area contributed by atoms with E-state index in [1.54, 1.807) is 18.2 Å². The first-order chi connectivity index (χ1) is 17.3. The Morgan fingerprint density at radius 2 is 1.83 bits per heavy atom. The molecule has 0 saturated carbocycles. The first-order valence-electron chi connectivity index (χ1n) is 11.5. The number of esters is 1. The van der Waals surface area contributed by atoms with E-state index in [4.69, 9.17) is 13.9 Å². The zero-order chi connectivity index (χ0) is 26.0. The van der Waals surface area contributed by atoms with Gasteiger partial charge in [0, 0.05) is 15.8 Å². The van der Waals surface area contributed by atoms with Crippen LogP contribution in [0.3, 0.4) is 0 Å². The molecule has 0 aliphatic rings. The third-order valence-electron chi connectivity index (χ3n) is 6.27. The van der Waals surface area contributed by atoms with E-state index in [9.17, 15) is 14.4 Å². The normalized spacial score (nSPS) is 11.8. The van der Waals surface area contributed by atoms with Gasteiger partial charge in [-0.2, -0.15) is 0 Å². The highest BCUT2D eigenvalue weighted by molar-refractivity contribution is 7.17. The average molecular weight is 506 g/mol. The van der Waals surface area contributed by atoms with Crippen molar-refractivity contribution in [2.24, 2.45) is 0 Å². The van der Waals surface area contributed by atoms with Gasteiger partial charge in [0.2, 0.25) is 0 Å². The maximum Gasteiger partial charge on any atom is 0.349 e. The Labute approximate surface area is 212 Å². The molecule has 4 aromatic rings. The number of hydrogen-bond donors (Lipinski definition) is 1. The Hall–Kier alpha value is -3.91. The van der Waals surface area contributed by atoms with Gasteiger partial charge in [-0.15, -0.1) is 11.3 Å². The van der Waals surface area contributed by atoms with E-state index in [1.165, 1.54) is 37.2 Å². The number of anilines is 1. The van der Waals surface area contributed by atoms with Crippen LogP contribution in [-0.2, 0) is 4.74 Å². The minimum Gasteiger partial charge on any atom is -0.493 e. The summed E-state index contributed by atoms with van der Waals surface area (Å²) >= 11 is 1.25. The Morgan fingerprint density at radius 1 is 1.11 bits per heavy atom. The molecule has 1 atom stereocenters. The Bertz CT molecular complexity index is 1500. The molecule has 4 rings (SSSR count). The number of ether oxygens (including phenoxy) is 2. The number of amides is 1. The minimum atomic E-state index is -0.807. The van der Waals surface area contributed by atoms with Crippen LogP contribution in [0.1, 0.15) is 57.3 Å². The Kier molecular flexibility index (Phi) is 7.26. The van der Waals surface area contributed by atoms with Gasteiger partial charge in [0.15, 0.2) is 11.3 Å². The molecule has 36 heavy (non-hydrogen) atoms. The first kappa shape index (κ1) is 25.2. The number of aryl methyl sites for hydroxylation is 1. The Morgan fingerprint density at radius 3 is 2.47 bits per heavy atom. The lowest BCUT2D eigenvalue weighted by Gasteiger charge is -2.11. The van der Waals surface area contributed by atoms with E-state index in [-0.39, 0.29) is 16.7 Å². The van der Waals surface area contributed by atoms with Crippen molar-refractivity contribution in [3.63, 3.8) is 0 Å². The number of fused-ring (bicyclic) bond motifs is 1. The van der Waals surface area contributed by atoms with E-state index < -0.39 is 17.5 Å². The van der Waals surface area contributed by atoms with Crippen molar-refractivity contribution >= 4 is 39.2 Å². The number of nitrogens with one attached hydrogen (secondary N) is 1. The molecule has 1 amide bonds. The van der Waals surface area contributed by atoms with Crippen LogP contribution in [0.25, 0.3) is 22.1 Å². The predicted octanol–water partition coefficient (Wildman–Crippen LogP) is 6.39. The number of hydrogen-bond acceptors (Lipinski definition) is 7. The average Bonchev–Trinajstić information content (AvgIpc) is 3.22. The third-order valence-corrected chi connectivity index (χ3v) is 7.29. The van der Waals surface area contributed by atoms with Crippen molar-refractivity contribution in [3.05, 3.63) is 80.5 Å². The summed E-state index contributed by atoms with van der Waals surface area (Å²) in [7, 11) is 2.76. The first-order valence-corrected chi connectivity index (χ1v) is 12.3. The molecule has 0 aliphatic heterocycles. The zero-order valence-corrected chi connectivity index (χ0v) is 21.6. The highest BCUT2D eigenvalue weighted by Gasteiger charge is 2.26. The zero-order valence-electron chi connectivity index (χ0n) is 20.8. The van der Waals surface area contributed by atoms with Crippen molar-refractivity contribution in [2.45, 2.75) is 33.1 Å². The van der Waals surface area contributed by atoms with Crippen molar-refractivity contribution in [1.29, 1.82) is 0 Å². The molecular weight excluding hydrogens is 478 g/mol. The number of para-hydroxylation sites is 1. The third kappa shape index (κ3) is 4.64. The van der Waals surface area contributed by atoms with Crippen LogP contribution in [0.15, 0.2) is 57.7 Å². The highest BCUT2D eigenvalue weighted by atomic mass is 32.1. The van der Waals surface area contributed by atoms with Gasteiger partial charge in [0.1, 0.15) is 16.1 Å². The molecule has 7 nitrogen and oxygen atoms in total. The monoisotopic (exact) mass is 505 g/mol. The van der Waals surface area contributed by atoms with E-state index >= 15 is 0 Å². The molecule has 0 spiro atoms. The van der Waals surface area contributed by atoms with E-state index in [1.807, 2.05) is 19.1 Å². The van der Waals surface area contributed by atoms with Crippen molar-refractivity contribution in [2.75, 3.05) is 19.5 Å². The van der Waals surface area contributed by atoms with Gasteiger partial charge in [-0.1, -0.05) is 50.2 Å². The van der Waals surface area contributed by atoms with E-state index in [0.29, 0.717) is 27.6 Å². The standard InChI is InChI=1S/C28H27NO6S/c1-6-15(2)17-10-12-18(13-11-17)22-16(3)36-26(23(22)28(32)34-5)29-25(30)20-14-19-8-7-9-21(33-4)24(19)35-27(20)31/h7-15H,6H2,1-5H3,(H,29,30)/t15-/m1/s1. The lowest BCUT2D eigenvalue weighted by atomic mass is 9.94. The minimum absolute atomic E-state index is 0.183. The van der Waals surface area contributed by atoms with Crippen LogP contribution >= 0.6 is 11.3 Å². The SMILES string of the molecule is CC[C@@H](C)c1ccc(-c2c(C)sc(NC(=O)c3cc4cccc(OC)c4oc3=O)c2C(=O)OC)cc1. The van der Waals surface area contributed by atoms with Crippen molar-refractivity contribution < 1.29 is 23.5 Å². The summed E-state index contributed by atoms with van der Waals surface area (Å²) in [6, 6.07) is 14.6. The van der Waals surface area contributed by atoms with Gasteiger partial charge in [0.05, 0.1) is 14.2 Å². The lowest BCUT2D eigenvalue weighted by molar-refractivity contribution is 0.0603. The molecule has 0 fully saturated rings. The van der Waals surface area contributed by atoms with Gasteiger partial charge in [-0.3, -0.25) is 4.79 Å². The summed E-state index contributed by atoms with van der Waals surface area (Å²) in [4.78, 5) is 39.5. The fourth-order valence-corrected chi connectivity index (χ4v) is 5.16. The predicted molar refractivity (Wildman–Crippen MR) is 142 cm³/mol. The van der Waals surface area contributed by atoms with Crippen LogP contribution in [-0.4, -0.2) is 26.1 Å². The second-order valence-electron chi connectivity index (χ2n) is 8.44. The maximum absolute atomic E-state index is 13.2. The van der Waals surface area contributed by atoms with Gasteiger partial charge >= 0.3 is 11.6 Å². The molecule has 0 aliphatic carbocycles. The number of carbonyl (C=O) groups is 2. The molecule has 2 heterocycles. The van der Waals surface area contributed by atoms with Crippen molar-refractivity contribution in [3.8, 4) is 16.9 Å². The lowest BCUT2D eigenvalue weighted by Crippen LogP contribution is -2.21. The second-order valence-corrected chi connectivity index (χ2v) is 9.67. The highest BCUT2D eigenvalue weighted by Crippen LogP contribution is 2.41. The molecular formula is C28H27NO6S. The van der Waals surface area contributed by atoms with Crippen LogP contribution in [0.5, 0.6) is 5.75 Å². The van der Waals surface area contributed by atoms with E-state index in [0.717, 1.165) is 16.9 Å². The molecule has 0 bridgehead atoms. The number of thiophene rings is 1. The molecule has 0 unspecified atom stereocenters. The maximum atomic E-state index is 13.2. The summed E-state index contributed by atoms with van der Waals surface area (Å²) in [5.41, 5.74) is 2.25. The quantitative estimate of drug-likeness (QED) is 0.231. The topological polar surface area (TPSA) is 94.8 Å². The summed E-state index contributed by atoms with van der Waals surface area (Å²) in [5, 5.41) is 3.57. The van der Waals surface area contributed by atoms with E-state index in [2.05, 4.69) is 31.3 Å². The molecule has 0 radical (unpaired) electrons. The molecule has 0 saturated heterocycles. The molecule has 2 aromatic heterocycles. The van der Waals surface area contributed by atoms with Crippen LogP contribution in [0.2, 0.25) is 0 Å². The Balaban J connectivity index is 1.75. The molecule has 1 N–H and O–H groups in total. The number of methoxy groups -OCH3 is 2. The van der Waals surface area contributed by atoms with Gasteiger partial charge in [-0.25, -0.2) is 9.59 Å². The number of carbonyl (C=O) groups excluding carboxylic acids is 2. The summed E-state index contributed by atoms with van der Waals surface area (Å²) in [6.07, 6.45) is 1.02. The largest absolute Gasteiger partial charge is 0.493 e. The molecule has 186 valence electrons.